The number of ether oxygens (including phenoxy) is 1. The van der Waals surface area contributed by atoms with Gasteiger partial charge in [-0.05, 0) is 42.7 Å². The summed E-state index contributed by atoms with van der Waals surface area (Å²) >= 11 is 0. The highest BCUT2D eigenvalue weighted by atomic mass is 32.2. The Morgan fingerprint density at radius 2 is 2.00 bits per heavy atom. The van der Waals surface area contributed by atoms with E-state index < -0.39 is 10.0 Å². The van der Waals surface area contributed by atoms with E-state index in [4.69, 9.17) is 4.74 Å². The van der Waals surface area contributed by atoms with Crippen LogP contribution in [0.3, 0.4) is 0 Å². The summed E-state index contributed by atoms with van der Waals surface area (Å²) in [5.74, 6) is -0.0304. The minimum absolute atomic E-state index is 0.0321. The van der Waals surface area contributed by atoms with E-state index in [1.54, 1.807) is 24.0 Å². The molecule has 2 aromatic carbocycles. The van der Waals surface area contributed by atoms with Gasteiger partial charge in [0.2, 0.25) is 15.9 Å². The average molecular weight is 360 g/mol. The molecule has 0 aromatic heterocycles. The summed E-state index contributed by atoms with van der Waals surface area (Å²) < 4.78 is 32.6. The summed E-state index contributed by atoms with van der Waals surface area (Å²) in [5.41, 5.74) is 2.74. The van der Waals surface area contributed by atoms with Gasteiger partial charge in [-0.2, -0.15) is 0 Å². The fourth-order valence-corrected chi connectivity index (χ4v) is 4.15. The number of sulfonamides is 1. The molecule has 0 saturated heterocycles. The number of aryl methyl sites for hydroxylation is 1. The number of carbonyl (C=O) groups is 1. The zero-order chi connectivity index (χ0) is 18.0. The van der Waals surface area contributed by atoms with Crippen LogP contribution in [-0.2, 0) is 21.2 Å². The maximum Gasteiger partial charge on any atom is 0.244 e. The second-order valence-corrected chi connectivity index (χ2v) is 7.64. The maximum atomic E-state index is 12.6. The Morgan fingerprint density at radius 3 is 2.76 bits per heavy atom. The normalized spacial score (nSPS) is 13.6. The molecule has 0 fully saturated rings. The van der Waals surface area contributed by atoms with Gasteiger partial charge < -0.3 is 9.64 Å². The number of amides is 1. The molecule has 1 heterocycles. The Kier molecular flexibility index (Phi) is 4.78. The third-order valence-corrected chi connectivity index (χ3v) is 5.63. The first-order valence-electron chi connectivity index (χ1n) is 7.95. The number of nitrogens with zero attached hydrogens (tertiary/aromatic N) is 1. The van der Waals surface area contributed by atoms with E-state index in [0.29, 0.717) is 6.54 Å². The number of carbonyl (C=O) groups excluding carboxylic acids is 1. The van der Waals surface area contributed by atoms with Crippen molar-refractivity contribution >= 4 is 21.6 Å². The quantitative estimate of drug-likeness (QED) is 0.883. The summed E-state index contributed by atoms with van der Waals surface area (Å²) in [4.78, 5) is 14.1. The molecule has 7 heteroatoms. The van der Waals surface area contributed by atoms with E-state index in [9.17, 15) is 13.2 Å². The topological polar surface area (TPSA) is 75.7 Å². The van der Waals surface area contributed by atoms with E-state index in [1.807, 2.05) is 24.3 Å². The minimum Gasteiger partial charge on any atom is -0.495 e. The largest absolute Gasteiger partial charge is 0.495 e. The average Bonchev–Trinajstić information content (AvgIpc) is 3.04. The Balaban J connectivity index is 1.75. The van der Waals surface area contributed by atoms with Crippen molar-refractivity contribution in [2.24, 2.45) is 0 Å². The molecule has 0 aliphatic carbocycles. The van der Waals surface area contributed by atoms with Gasteiger partial charge in [0.25, 0.3) is 0 Å². The summed E-state index contributed by atoms with van der Waals surface area (Å²) in [6, 6.07) is 12.5. The summed E-state index contributed by atoms with van der Waals surface area (Å²) in [5, 5.41) is 0. The van der Waals surface area contributed by atoms with E-state index >= 15 is 0 Å². The van der Waals surface area contributed by atoms with Crippen molar-refractivity contribution in [3.8, 4) is 5.75 Å². The van der Waals surface area contributed by atoms with Crippen LogP contribution in [-0.4, -0.2) is 34.5 Å². The van der Waals surface area contributed by atoms with Crippen molar-refractivity contribution < 1.29 is 17.9 Å². The molecule has 0 saturated carbocycles. The van der Waals surface area contributed by atoms with E-state index in [2.05, 4.69) is 4.72 Å². The van der Waals surface area contributed by atoms with Gasteiger partial charge in [0.1, 0.15) is 10.6 Å². The van der Waals surface area contributed by atoms with Gasteiger partial charge in [-0.3, -0.25) is 4.79 Å². The van der Waals surface area contributed by atoms with Crippen molar-refractivity contribution in [1.29, 1.82) is 0 Å². The van der Waals surface area contributed by atoms with Gasteiger partial charge in [-0.25, -0.2) is 13.1 Å². The molecule has 1 aliphatic rings. The molecule has 1 aliphatic heterocycles. The molecular formula is C18H20N2O4S. The number of hydrogen-bond acceptors (Lipinski definition) is 4. The molecule has 0 radical (unpaired) electrons. The molecule has 132 valence electrons. The van der Waals surface area contributed by atoms with Crippen LogP contribution in [0.25, 0.3) is 0 Å². The van der Waals surface area contributed by atoms with Crippen LogP contribution in [0, 0.1) is 6.92 Å². The molecule has 2 aromatic rings. The number of hydrogen-bond donors (Lipinski definition) is 1. The molecule has 1 amide bonds. The van der Waals surface area contributed by atoms with E-state index in [-0.39, 0.29) is 23.1 Å². The predicted molar refractivity (Wildman–Crippen MR) is 95.4 cm³/mol. The molecule has 25 heavy (non-hydrogen) atoms. The van der Waals surface area contributed by atoms with Gasteiger partial charge >= 0.3 is 0 Å². The first-order valence-corrected chi connectivity index (χ1v) is 9.43. The van der Waals surface area contributed by atoms with Crippen LogP contribution in [0.4, 0.5) is 5.69 Å². The number of anilines is 1. The molecule has 0 spiro atoms. The van der Waals surface area contributed by atoms with Crippen molar-refractivity contribution in [2.45, 2.75) is 18.2 Å². The molecule has 0 unspecified atom stereocenters. The van der Waals surface area contributed by atoms with Crippen LogP contribution in [0.2, 0.25) is 0 Å². The third kappa shape index (κ3) is 3.52. The smallest absolute Gasteiger partial charge is 0.244 e. The Morgan fingerprint density at radius 1 is 1.24 bits per heavy atom. The van der Waals surface area contributed by atoms with Crippen LogP contribution < -0.4 is 14.4 Å². The Labute approximate surface area is 147 Å². The molecule has 0 atom stereocenters. The number of fused-ring (bicyclic) bond motifs is 1. The lowest BCUT2D eigenvalue weighted by molar-refractivity contribution is -0.117. The maximum absolute atomic E-state index is 12.6. The molecular weight excluding hydrogens is 340 g/mol. The van der Waals surface area contributed by atoms with E-state index in [0.717, 1.165) is 23.2 Å². The summed E-state index contributed by atoms with van der Waals surface area (Å²) in [6.07, 6.45) is 0.778. The lowest BCUT2D eigenvalue weighted by Gasteiger charge is -2.18. The van der Waals surface area contributed by atoms with Crippen molar-refractivity contribution in [3.63, 3.8) is 0 Å². The second-order valence-electron chi connectivity index (χ2n) is 5.90. The zero-order valence-corrected chi connectivity index (χ0v) is 15.0. The SMILES string of the molecule is COc1ccc(C)cc1S(=O)(=O)NCC(=O)N1CCc2ccccc21. The Bertz CT molecular complexity index is 909. The van der Waals surface area contributed by atoms with Gasteiger partial charge in [0.05, 0.1) is 13.7 Å². The lowest BCUT2D eigenvalue weighted by Crippen LogP contribution is -2.39. The first-order chi connectivity index (χ1) is 11.9. The van der Waals surface area contributed by atoms with Gasteiger partial charge in [0.15, 0.2) is 0 Å². The Hall–Kier alpha value is -2.38. The number of benzene rings is 2. The molecule has 6 nitrogen and oxygen atoms in total. The highest BCUT2D eigenvalue weighted by molar-refractivity contribution is 7.89. The number of para-hydroxylation sites is 1. The number of methoxy groups -OCH3 is 1. The monoisotopic (exact) mass is 360 g/mol. The highest BCUT2D eigenvalue weighted by Crippen LogP contribution is 2.28. The molecule has 1 N–H and O–H groups in total. The predicted octanol–water partition coefficient (Wildman–Crippen LogP) is 1.87. The van der Waals surface area contributed by atoms with Gasteiger partial charge in [-0.1, -0.05) is 24.3 Å². The van der Waals surface area contributed by atoms with Gasteiger partial charge in [-0.15, -0.1) is 0 Å². The first kappa shape index (κ1) is 17.4. The standard InChI is InChI=1S/C18H20N2O4S/c1-13-7-8-16(24-2)17(11-13)25(22,23)19-12-18(21)20-10-9-14-5-3-4-6-15(14)20/h3-8,11,19H,9-10,12H2,1-2H3. The fourth-order valence-electron chi connectivity index (χ4n) is 2.92. The second kappa shape index (κ2) is 6.85. The van der Waals surface area contributed by atoms with E-state index in [1.165, 1.54) is 13.2 Å². The lowest BCUT2D eigenvalue weighted by atomic mass is 10.2. The summed E-state index contributed by atoms with van der Waals surface area (Å²) in [6.45, 7) is 2.06. The summed E-state index contributed by atoms with van der Waals surface area (Å²) in [7, 11) is -2.44. The van der Waals surface area contributed by atoms with Crippen LogP contribution in [0.1, 0.15) is 11.1 Å². The molecule has 0 bridgehead atoms. The zero-order valence-electron chi connectivity index (χ0n) is 14.2. The van der Waals surface area contributed by atoms with Crippen molar-refractivity contribution in [3.05, 3.63) is 53.6 Å². The highest BCUT2D eigenvalue weighted by Gasteiger charge is 2.26. The van der Waals surface area contributed by atoms with Crippen LogP contribution in [0.5, 0.6) is 5.75 Å². The third-order valence-electron chi connectivity index (χ3n) is 4.21. The van der Waals surface area contributed by atoms with Crippen LogP contribution in [0.15, 0.2) is 47.4 Å². The molecule has 3 rings (SSSR count). The minimum atomic E-state index is -3.85. The fraction of sp³-hybridized carbons (Fsp3) is 0.278. The number of rotatable bonds is 5. The van der Waals surface area contributed by atoms with Gasteiger partial charge in [0, 0.05) is 12.2 Å². The van der Waals surface area contributed by atoms with Crippen molar-refractivity contribution in [2.75, 3.05) is 25.1 Å². The number of nitrogens with one attached hydrogen (secondary N) is 1. The van der Waals surface area contributed by atoms with Crippen molar-refractivity contribution in [1.82, 2.24) is 4.72 Å². The van der Waals surface area contributed by atoms with Crippen LogP contribution >= 0.6 is 0 Å².